The molecule has 0 heterocycles. The lowest BCUT2D eigenvalue weighted by Gasteiger charge is -2.60. The summed E-state index contributed by atoms with van der Waals surface area (Å²) in [5.74, 6) is -20.5. The summed E-state index contributed by atoms with van der Waals surface area (Å²) < 4.78 is 54.3. The third kappa shape index (κ3) is 1.86. The predicted octanol–water partition coefficient (Wildman–Crippen LogP) is 2.27. The summed E-state index contributed by atoms with van der Waals surface area (Å²) in [5.41, 5.74) is -2.68. The Morgan fingerprint density at radius 1 is 0.846 bits per heavy atom. The van der Waals surface area contributed by atoms with E-state index in [1.807, 2.05) is 0 Å². The minimum atomic E-state index is -5.21. The van der Waals surface area contributed by atoms with Gasteiger partial charge in [0.15, 0.2) is 5.78 Å². The van der Waals surface area contributed by atoms with Crippen LogP contribution in [0.3, 0.4) is 0 Å². The van der Waals surface area contributed by atoms with Crippen LogP contribution in [0, 0.1) is 28.6 Å². The van der Waals surface area contributed by atoms with E-state index in [4.69, 9.17) is 0 Å². The second-order valence-corrected chi connectivity index (χ2v) is 8.50. The van der Waals surface area contributed by atoms with Gasteiger partial charge in [-0.3, -0.25) is 19.2 Å². The van der Waals surface area contributed by atoms with Gasteiger partial charge in [-0.05, 0) is 50.4 Å². The molecule has 5 fully saturated rings. The second-order valence-electron chi connectivity index (χ2n) is 8.50. The van der Waals surface area contributed by atoms with Crippen molar-refractivity contribution >= 4 is 23.3 Å². The van der Waals surface area contributed by atoms with E-state index in [9.17, 15) is 41.8 Å². The Morgan fingerprint density at radius 3 is 1.69 bits per heavy atom. The molecular weight excluding hydrogens is 360 g/mol. The zero-order valence-corrected chi connectivity index (χ0v) is 13.6. The molecule has 5 aliphatic rings. The lowest BCUT2D eigenvalue weighted by Crippen LogP contribution is -2.59. The van der Waals surface area contributed by atoms with E-state index in [0.29, 0.717) is 19.3 Å². The lowest BCUT2D eigenvalue weighted by molar-refractivity contribution is -0.192. The van der Waals surface area contributed by atoms with Crippen molar-refractivity contribution in [2.45, 2.75) is 50.4 Å². The van der Waals surface area contributed by atoms with Crippen molar-refractivity contribution in [3.8, 4) is 0 Å². The van der Waals surface area contributed by atoms with E-state index in [1.165, 1.54) is 0 Å². The van der Waals surface area contributed by atoms with Gasteiger partial charge >= 0.3 is 17.8 Å². The molecule has 4 bridgehead atoms. The van der Waals surface area contributed by atoms with Crippen LogP contribution >= 0.6 is 0 Å². The summed E-state index contributed by atoms with van der Waals surface area (Å²) in [4.78, 5) is 48.4. The Kier molecular flexibility index (Phi) is 3.20. The molecule has 0 aromatic rings. The van der Waals surface area contributed by atoms with E-state index in [2.05, 4.69) is 0 Å². The van der Waals surface area contributed by atoms with Crippen molar-refractivity contribution in [3.05, 3.63) is 0 Å². The summed E-state index contributed by atoms with van der Waals surface area (Å²) in [7, 11) is 0. The highest BCUT2D eigenvalue weighted by atomic mass is 19.3. The van der Waals surface area contributed by atoms with Crippen molar-refractivity contribution in [2.75, 3.05) is 0 Å². The third-order valence-electron chi connectivity index (χ3n) is 6.84. The second kappa shape index (κ2) is 4.72. The fourth-order valence-corrected chi connectivity index (χ4v) is 6.14. The topological polar surface area (TPSA) is 88.5 Å². The van der Waals surface area contributed by atoms with Gasteiger partial charge in [0.25, 0.3) is 0 Å². The Labute approximate surface area is 145 Å². The number of halogens is 4. The van der Waals surface area contributed by atoms with Gasteiger partial charge in [0.2, 0.25) is 11.6 Å². The van der Waals surface area contributed by atoms with E-state index in [-0.39, 0.29) is 31.1 Å². The summed E-state index contributed by atoms with van der Waals surface area (Å²) in [5, 5.41) is 9.63. The predicted molar refractivity (Wildman–Crippen MR) is 75.6 cm³/mol. The van der Waals surface area contributed by atoms with E-state index >= 15 is 0 Å². The first-order valence-electron chi connectivity index (χ1n) is 8.48. The largest absolute Gasteiger partial charge is 0.481 e. The number of carbonyl (C=O) groups is 4. The van der Waals surface area contributed by atoms with E-state index < -0.39 is 51.9 Å². The van der Waals surface area contributed by atoms with Crippen molar-refractivity contribution in [1.82, 2.24) is 0 Å². The molecular formula is C17H16F4O5. The maximum Gasteiger partial charge on any atom is 0.375 e. The molecule has 1 N–H and O–H groups in total. The Bertz CT molecular complexity index is 718. The molecule has 5 aliphatic carbocycles. The van der Waals surface area contributed by atoms with Gasteiger partial charge in [-0.25, -0.2) is 0 Å². The summed E-state index contributed by atoms with van der Waals surface area (Å²) >= 11 is 0. The first-order chi connectivity index (χ1) is 11.9. The first-order valence-corrected chi connectivity index (χ1v) is 8.48. The van der Waals surface area contributed by atoms with Gasteiger partial charge in [0.1, 0.15) is 5.92 Å². The van der Waals surface area contributed by atoms with Gasteiger partial charge in [0.05, 0.1) is 5.41 Å². The molecule has 9 heteroatoms. The number of carboxylic acids is 1. The molecule has 2 atom stereocenters. The zero-order chi connectivity index (χ0) is 19.3. The Balaban J connectivity index is 1.74. The molecule has 0 spiro atoms. The van der Waals surface area contributed by atoms with Gasteiger partial charge in [0, 0.05) is 5.41 Å². The average molecular weight is 376 g/mol. The summed E-state index contributed by atoms with van der Waals surface area (Å²) in [6.45, 7) is 0. The smallest absolute Gasteiger partial charge is 0.375 e. The number of ketones is 3. The molecule has 2 unspecified atom stereocenters. The zero-order valence-electron chi connectivity index (χ0n) is 13.6. The van der Waals surface area contributed by atoms with Crippen LogP contribution in [0.2, 0.25) is 0 Å². The van der Waals surface area contributed by atoms with Crippen LogP contribution in [0.4, 0.5) is 17.6 Å². The number of carbonyl (C=O) groups excluding carboxylic acids is 3. The molecule has 5 nitrogen and oxygen atoms in total. The van der Waals surface area contributed by atoms with Crippen LogP contribution in [0.1, 0.15) is 38.5 Å². The van der Waals surface area contributed by atoms with E-state index in [0.717, 1.165) is 0 Å². The monoisotopic (exact) mass is 376 g/mol. The highest BCUT2D eigenvalue weighted by molar-refractivity contribution is 6.29. The quantitative estimate of drug-likeness (QED) is 0.603. The molecule has 26 heavy (non-hydrogen) atoms. The van der Waals surface area contributed by atoms with Crippen LogP contribution in [0.15, 0.2) is 0 Å². The molecule has 0 radical (unpaired) electrons. The van der Waals surface area contributed by atoms with Gasteiger partial charge in [-0.2, -0.15) is 17.6 Å². The molecule has 5 saturated carbocycles. The van der Waals surface area contributed by atoms with Crippen molar-refractivity contribution in [1.29, 1.82) is 0 Å². The van der Waals surface area contributed by atoms with E-state index in [1.54, 1.807) is 0 Å². The SMILES string of the molecule is O=C(O)C12CC3CC(C1)CC(C(=O)C1C(=O)C(F)(F)C(F)(F)C1=O)(C3)C2. The third-order valence-corrected chi connectivity index (χ3v) is 6.84. The Morgan fingerprint density at radius 2 is 1.27 bits per heavy atom. The number of hydrogen-bond acceptors (Lipinski definition) is 4. The standard InChI is InChI=1S/C17H16F4O5/c18-16(19)11(23)9(12(24)17(16,20)21)10(22)14-2-7-1-8(3-14)5-15(4-7,6-14)13(25)26/h7-9H,1-6H2,(H,25,26). The molecule has 142 valence electrons. The van der Waals surface area contributed by atoms with Crippen LogP contribution in [-0.2, 0) is 19.2 Å². The van der Waals surface area contributed by atoms with Crippen molar-refractivity contribution < 1.29 is 41.8 Å². The number of carboxylic acid groups (broad SMARTS) is 1. The number of Topliss-reactive ketones (excluding diaryl/α,β-unsaturated/α-hetero) is 3. The van der Waals surface area contributed by atoms with Gasteiger partial charge in [-0.15, -0.1) is 0 Å². The van der Waals surface area contributed by atoms with Crippen molar-refractivity contribution in [3.63, 3.8) is 0 Å². The molecule has 0 aliphatic heterocycles. The lowest BCUT2D eigenvalue weighted by atomic mass is 9.42. The van der Waals surface area contributed by atoms with Crippen LogP contribution in [-0.4, -0.2) is 40.3 Å². The van der Waals surface area contributed by atoms with Crippen LogP contribution < -0.4 is 0 Å². The average Bonchev–Trinajstić information content (AvgIpc) is 2.63. The highest BCUT2D eigenvalue weighted by Crippen LogP contribution is 2.66. The highest BCUT2D eigenvalue weighted by Gasteiger charge is 2.78. The number of alkyl halides is 4. The fourth-order valence-electron chi connectivity index (χ4n) is 6.14. The maximum absolute atomic E-state index is 13.6. The number of aliphatic carboxylic acids is 1. The molecule has 0 saturated heterocycles. The normalized spacial score (nSPS) is 43.1. The molecule has 0 aromatic heterocycles. The number of rotatable bonds is 3. The first kappa shape index (κ1) is 17.6. The van der Waals surface area contributed by atoms with Gasteiger partial charge in [-0.1, -0.05) is 0 Å². The summed E-state index contributed by atoms with van der Waals surface area (Å²) in [6.07, 6.45) is 1.49. The number of hydrogen-bond donors (Lipinski definition) is 1. The van der Waals surface area contributed by atoms with Gasteiger partial charge < -0.3 is 5.11 Å². The molecule has 0 aromatic carbocycles. The summed E-state index contributed by atoms with van der Waals surface area (Å²) in [6, 6.07) is 0. The molecule has 0 amide bonds. The molecule has 5 rings (SSSR count). The van der Waals surface area contributed by atoms with Crippen LogP contribution in [0.5, 0.6) is 0 Å². The maximum atomic E-state index is 13.6. The van der Waals surface area contributed by atoms with Crippen molar-refractivity contribution in [2.24, 2.45) is 28.6 Å². The van der Waals surface area contributed by atoms with Crippen LogP contribution in [0.25, 0.3) is 0 Å². The fraction of sp³-hybridized carbons (Fsp3) is 0.765. The minimum absolute atomic E-state index is 0.149. The minimum Gasteiger partial charge on any atom is -0.481 e. The Hall–Kier alpha value is -1.80.